The zero-order valence-corrected chi connectivity index (χ0v) is 10.1. The summed E-state index contributed by atoms with van der Waals surface area (Å²) in [4.78, 5) is 11.0. The molecule has 1 fully saturated rings. The van der Waals surface area contributed by atoms with E-state index in [2.05, 4.69) is 9.44 Å². The number of carbonyl (C=O) groups is 1. The normalized spacial score (nSPS) is 26.6. The lowest BCUT2D eigenvalue weighted by Gasteiger charge is -2.28. The van der Waals surface area contributed by atoms with Gasteiger partial charge in [0.05, 0.1) is 5.92 Å². The van der Waals surface area contributed by atoms with Crippen LogP contribution in [0, 0.1) is 11.8 Å². The van der Waals surface area contributed by atoms with Crippen molar-refractivity contribution in [2.24, 2.45) is 11.8 Å². The summed E-state index contributed by atoms with van der Waals surface area (Å²) in [6.07, 6.45) is 3.28. The lowest BCUT2D eigenvalue weighted by Crippen LogP contribution is -2.41. The Bertz CT molecular complexity index is 341. The van der Waals surface area contributed by atoms with Crippen LogP contribution in [0.1, 0.15) is 25.7 Å². The molecule has 0 spiro atoms. The Kier molecular flexibility index (Phi) is 4.69. The van der Waals surface area contributed by atoms with Crippen molar-refractivity contribution < 1.29 is 18.3 Å². The molecule has 1 saturated carbocycles. The van der Waals surface area contributed by atoms with Crippen LogP contribution in [0.4, 0.5) is 0 Å². The maximum atomic E-state index is 11.1. The van der Waals surface area contributed by atoms with Crippen molar-refractivity contribution in [2.45, 2.75) is 25.7 Å². The van der Waals surface area contributed by atoms with Crippen LogP contribution < -0.4 is 9.44 Å². The number of carboxylic acid groups (broad SMARTS) is 1. The summed E-state index contributed by atoms with van der Waals surface area (Å²) in [5.74, 6) is -1.35. The summed E-state index contributed by atoms with van der Waals surface area (Å²) in [5.41, 5.74) is 0. The van der Waals surface area contributed by atoms with Crippen LogP contribution >= 0.6 is 0 Å². The van der Waals surface area contributed by atoms with Crippen LogP contribution in [0.25, 0.3) is 0 Å². The Labute approximate surface area is 95.6 Å². The number of rotatable bonds is 5. The molecule has 2 atom stereocenters. The molecule has 94 valence electrons. The average Bonchev–Trinajstić information content (AvgIpc) is 2.27. The van der Waals surface area contributed by atoms with E-state index in [0.717, 1.165) is 19.3 Å². The molecular formula is C9H18N2O4S. The Balaban J connectivity index is 2.54. The quantitative estimate of drug-likeness (QED) is 0.636. The van der Waals surface area contributed by atoms with E-state index in [4.69, 9.17) is 5.11 Å². The van der Waals surface area contributed by atoms with E-state index in [0.29, 0.717) is 6.42 Å². The molecule has 16 heavy (non-hydrogen) atoms. The Morgan fingerprint density at radius 2 is 2.00 bits per heavy atom. The van der Waals surface area contributed by atoms with Crippen molar-refractivity contribution in [2.75, 3.05) is 13.6 Å². The first-order valence-corrected chi connectivity index (χ1v) is 6.85. The van der Waals surface area contributed by atoms with Crippen LogP contribution in [0.2, 0.25) is 0 Å². The number of hydrogen-bond acceptors (Lipinski definition) is 3. The number of nitrogens with one attached hydrogen (secondary N) is 2. The van der Waals surface area contributed by atoms with Crippen LogP contribution in [0.15, 0.2) is 0 Å². The van der Waals surface area contributed by atoms with E-state index in [1.165, 1.54) is 7.05 Å². The molecule has 0 saturated heterocycles. The zero-order valence-electron chi connectivity index (χ0n) is 9.27. The highest BCUT2D eigenvalue weighted by molar-refractivity contribution is 7.87. The van der Waals surface area contributed by atoms with Gasteiger partial charge in [-0.25, -0.2) is 9.44 Å². The maximum absolute atomic E-state index is 11.1. The van der Waals surface area contributed by atoms with E-state index in [-0.39, 0.29) is 12.5 Å². The van der Waals surface area contributed by atoms with Gasteiger partial charge in [0, 0.05) is 13.6 Å². The molecule has 0 bridgehead atoms. The third-order valence-electron chi connectivity index (χ3n) is 3.03. The Hall–Kier alpha value is -0.660. The molecule has 0 aromatic heterocycles. The van der Waals surface area contributed by atoms with Gasteiger partial charge in [-0.1, -0.05) is 12.8 Å². The first kappa shape index (κ1) is 13.4. The van der Waals surface area contributed by atoms with Gasteiger partial charge in [0.15, 0.2) is 0 Å². The summed E-state index contributed by atoms with van der Waals surface area (Å²) in [5, 5.41) is 9.00. The maximum Gasteiger partial charge on any atom is 0.306 e. The lowest BCUT2D eigenvalue weighted by molar-refractivity contribution is -0.144. The van der Waals surface area contributed by atoms with Crippen molar-refractivity contribution in [1.29, 1.82) is 0 Å². The van der Waals surface area contributed by atoms with Gasteiger partial charge in [0.25, 0.3) is 10.2 Å². The lowest BCUT2D eigenvalue weighted by atomic mass is 9.79. The largest absolute Gasteiger partial charge is 0.481 e. The molecule has 6 nitrogen and oxygen atoms in total. The summed E-state index contributed by atoms with van der Waals surface area (Å²) in [6, 6.07) is 0. The molecule has 7 heteroatoms. The van der Waals surface area contributed by atoms with Crippen molar-refractivity contribution in [3.63, 3.8) is 0 Å². The minimum absolute atomic E-state index is 0.102. The average molecular weight is 250 g/mol. The van der Waals surface area contributed by atoms with Crippen LogP contribution in [-0.4, -0.2) is 33.1 Å². The van der Waals surface area contributed by atoms with Crippen LogP contribution in [0.3, 0.4) is 0 Å². The molecule has 0 amide bonds. The molecule has 2 unspecified atom stereocenters. The van der Waals surface area contributed by atoms with Gasteiger partial charge in [-0.3, -0.25) is 4.79 Å². The predicted molar refractivity (Wildman–Crippen MR) is 59.1 cm³/mol. The van der Waals surface area contributed by atoms with Gasteiger partial charge in [0.2, 0.25) is 0 Å². The topological polar surface area (TPSA) is 95.5 Å². The molecule has 0 aromatic carbocycles. The van der Waals surface area contributed by atoms with E-state index in [9.17, 15) is 13.2 Å². The van der Waals surface area contributed by atoms with Crippen molar-refractivity contribution in [3.05, 3.63) is 0 Å². The van der Waals surface area contributed by atoms with Crippen LogP contribution in [-0.2, 0) is 15.0 Å². The standard InChI is InChI=1S/C9H18N2O4S/c1-10-16(14,15)11-6-7-4-2-3-5-8(7)9(12)13/h7-8,10-11H,2-6H2,1H3,(H,12,13). The third-order valence-corrected chi connectivity index (χ3v) is 4.11. The first-order valence-electron chi connectivity index (χ1n) is 5.37. The zero-order chi connectivity index (χ0) is 12.2. The fraction of sp³-hybridized carbons (Fsp3) is 0.889. The molecule has 1 rings (SSSR count). The molecule has 0 aromatic rings. The van der Waals surface area contributed by atoms with Gasteiger partial charge in [-0.2, -0.15) is 8.42 Å². The highest BCUT2D eigenvalue weighted by Gasteiger charge is 2.31. The van der Waals surface area contributed by atoms with Gasteiger partial charge in [0.1, 0.15) is 0 Å². The summed E-state index contributed by atoms with van der Waals surface area (Å²) >= 11 is 0. The second-order valence-corrected chi connectivity index (χ2v) is 5.75. The second-order valence-electron chi connectivity index (χ2n) is 4.05. The van der Waals surface area contributed by atoms with Gasteiger partial charge >= 0.3 is 5.97 Å². The summed E-state index contributed by atoms with van der Waals surface area (Å²) in [6.45, 7) is 0.195. The Morgan fingerprint density at radius 3 is 2.56 bits per heavy atom. The van der Waals surface area contributed by atoms with Crippen molar-refractivity contribution in [3.8, 4) is 0 Å². The van der Waals surface area contributed by atoms with Crippen molar-refractivity contribution >= 4 is 16.2 Å². The van der Waals surface area contributed by atoms with Crippen LogP contribution in [0.5, 0.6) is 0 Å². The molecule has 0 aliphatic heterocycles. The fourth-order valence-electron chi connectivity index (χ4n) is 2.07. The molecule has 1 aliphatic rings. The minimum Gasteiger partial charge on any atom is -0.481 e. The van der Waals surface area contributed by atoms with Gasteiger partial charge in [-0.05, 0) is 18.8 Å². The number of carboxylic acids is 1. The second kappa shape index (κ2) is 5.60. The highest BCUT2D eigenvalue weighted by atomic mass is 32.2. The minimum atomic E-state index is -3.46. The van der Waals surface area contributed by atoms with Gasteiger partial charge in [-0.15, -0.1) is 0 Å². The summed E-state index contributed by atoms with van der Waals surface area (Å²) in [7, 11) is -2.14. The summed E-state index contributed by atoms with van der Waals surface area (Å²) < 4.78 is 26.8. The fourth-order valence-corrected chi connectivity index (χ4v) is 2.64. The number of aliphatic carboxylic acids is 1. The monoisotopic (exact) mass is 250 g/mol. The molecule has 0 radical (unpaired) electrons. The van der Waals surface area contributed by atoms with E-state index >= 15 is 0 Å². The number of hydrogen-bond donors (Lipinski definition) is 3. The molecule has 0 heterocycles. The molecular weight excluding hydrogens is 232 g/mol. The molecule has 1 aliphatic carbocycles. The Morgan fingerprint density at radius 1 is 1.38 bits per heavy atom. The van der Waals surface area contributed by atoms with Gasteiger partial charge < -0.3 is 5.11 Å². The van der Waals surface area contributed by atoms with E-state index in [1.807, 2.05) is 0 Å². The smallest absolute Gasteiger partial charge is 0.306 e. The molecule has 3 N–H and O–H groups in total. The third kappa shape index (κ3) is 3.73. The highest BCUT2D eigenvalue weighted by Crippen LogP contribution is 2.29. The predicted octanol–water partition coefficient (Wildman–Crippen LogP) is -0.0688. The first-order chi connectivity index (χ1) is 7.46. The van der Waals surface area contributed by atoms with Crippen molar-refractivity contribution in [1.82, 2.24) is 9.44 Å². The van der Waals surface area contributed by atoms with E-state index < -0.39 is 22.1 Å². The SMILES string of the molecule is CNS(=O)(=O)NCC1CCCCC1C(=O)O. The van der Waals surface area contributed by atoms with E-state index in [1.54, 1.807) is 0 Å².